The van der Waals surface area contributed by atoms with Gasteiger partial charge >= 0.3 is 0 Å². The summed E-state index contributed by atoms with van der Waals surface area (Å²) in [5.74, 6) is 2.38. The molecular weight excluding hydrogens is 342 g/mol. The number of methoxy groups -OCH3 is 2. The van der Waals surface area contributed by atoms with Crippen LogP contribution in [0.2, 0.25) is 0 Å². The molecule has 0 spiro atoms. The number of benzene rings is 2. The molecule has 4 aromatic rings. The Morgan fingerprint density at radius 3 is 2.56 bits per heavy atom. The second kappa shape index (κ2) is 7.03. The Kier molecular flexibility index (Phi) is 4.42. The van der Waals surface area contributed by atoms with Gasteiger partial charge in [-0.2, -0.15) is 0 Å². The summed E-state index contributed by atoms with van der Waals surface area (Å²) in [6.07, 6.45) is 5.45. The molecule has 2 aromatic heterocycles. The van der Waals surface area contributed by atoms with Gasteiger partial charge in [0, 0.05) is 25.1 Å². The van der Waals surface area contributed by atoms with Crippen molar-refractivity contribution < 1.29 is 9.47 Å². The number of hydrogen-bond acceptors (Lipinski definition) is 5. The minimum atomic E-state index is 0.589. The quantitative estimate of drug-likeness (QED) is 0.569. The van der Waals surface area contributed by atoms with E-state index in [9.17, 15) is 0 Å². The van der Waals surface area contributed by atoms with Crippen LogP contribution in [0.1, 0.15) is 5.82 Å². The molecule has 7 heteroatoms. The number of aromatic nitrogens is 4. The van der Waals surface area contributed by atoms with Gasteiger partial charge in [0.25, 0.3) is 0 Å². The van der Waals surface area contributed by atoms with Gasteiger partial charge in [-0.05, 0) is 30.3 Å². The van der Waals surface area contributed by atoms with Crippen molar-refractivity contribution in [2.45, 2.75) is 6.54 Å². The van der Waals surface area contributed by atoms with Crippen LogP contribution in [0, 0.1) is 0 Å². The van der Waals surface area contributed by atoms with Crippen LogP contribution in [0.25, 0.3) is 16.7 Å². The van der Waals surface area contributed by atoms with E-state index in [0.29, 0.717) is 6.54 Å². The molecule has 1 N–H and O–H groups in total. The molecule has 0 bridgehead atoms. The Balaban J connectivity index is 1.64. The lowest BCUT2D eigenvalue weighted by atomic mass is 10.2. The molecule has 0 atom stereocenters. The Morgan fingerprint density at radius 2 is 1.89 bits per heavy atom. The largest absolute Gasteiger partial charge is 0.494 e. The molecule has 0 saturated carbocycles. The zero-order chi connectivity index (χ0) is 18.8. The Hall–Kier alpha value is -3.48. The third-order valence-electron chi connectivity index (χ3n) is 4.49. The van der Waals surface area contributed by atoms with Crippen molar-refractivity contribution in [3.05, 3.63) is 60.9 Å². The fourth-order valence-corrected chi connectivity index (χ4v) is 3.21. The van der Waals surface area contributed by atoms with Crippen molar-refractivity contribution in [1.82, 2.24) is 19.5 Å². The van der Waals surface area contributed by atoms with Crippen LogP contribution in [0.4, 0.5) is 5.69 Å². The molecule has 0 unspecified atom stereocenters. The number of rotatable bonds is 6. The molecular formula is C20H21N5O2. The van der Waals surface area contributed by atoms with Gasteiger partial charge < -0.3 is 23.9 Å². The highest BCUT2D eigenvalue weighted by atomic mass is 16.5. The number of hydrogen-bond donors (Lipinski definition) is 1. The third kappa shape index (κ3) is 3.19. The van der Waals surface area contributed by atoms with Gasteiger partial charge in [-0.15, -0.1) is 0 Å². The fraction of sp³-hybridized carbons (Fsp3) is 0.200. The van der Waals surface area contributed by atoms with E-state index in [1.807, 2.05) is 54.2 Å². The molecule has 0 fully saturated rings. The van der Waals surface area contributed by atoms with Gasteiger partial charge in [-0.3, -0.25) is 0 Å². The van der Waals surface area contributed by atoms with E-state index in [1.165, 1.54) is 0 Å². The number of imidazole rings is 2. The Labute approximate surface area is 157 Å². The summed E-state index contributed by atoms with van der Waals surface area (Å²) >= 11 is 0. The summed E-state index contributed by atoms with van der Waals surface area (Å²) in [4.78, 5) is 14.3. The molecule has 4 rings (SSSR count). The van der Waals surface area contributed by atoms with Gasteiger partial charge in [0.2, 0.25) is 0 Å². The van der Waals surface area contributed by atoms with Crippen molar-refractivity contribution in [3.63, 3.8) is 0 Å². The summed E-state index contributed by atoms with van der Waals surface area (Å²) in [5, 5.41) is 0. The highest BCUT2D eigenvalue weighted by Crippen LogP contribution is 2.37. The van der Waals surface area contributed by atoms with Crippen LogP contribution in [0.5, 0.6) is 11.5 Å². The first-order valence-corrected chi connectivity index (χ1v) is 8.58. The smallest absolute Gasteiger partial charge is 0.145 e. The van der Waals surface area contributed by atoms with E-state index in [1.54, 1.807) is 26.7 Å². The fourth-order valence-electron chi connectivity index (χ4n) is 3.21. The molecule has 0 aliphatic rings. The van der Waals surface area contributed by atoms with E-state index in [2.05, 4.69) is 14.9 Å². The molecule has 27 heavy (non-hydrogen) atoms. The SMILES string of the molecule is COc1cccc(OC)c1N(C)Cc1nc2cc(-n3ccnc3)ccc2[nH]1. The maximum atomic E-state index is 5.50. The maximum absolute atomic E-state index is 5.50. The lowest BCUT2D eigenvalue weighted by molar-refractivity contribution is 0.394. The van der Waals surface area contributed by atoms with Gasteiger partial charge in [0.05, 0.1) is 38.1 Å². The van der Waals surface area contributed by atoms with Crippen molar-refractivity contribution in [2.75, 3.05) is 26.2 Å². The van der Waals surface area contributed by atoms with E-state index in [4.69, 9.17) is 14.5 Å². The summed E-state index contributed by atoms with van der Waals surface area (Å²) in [6.45, 7) is 0.589. The summed E-state index contributed by atoms with van der Waals surface area (Å²) in [7, 11) is 5.31. The predicted molar refractivity (Wildman–Crippen MR) is 105 cm³/mol. The first-order valence-electron chi connectivity index (χ1n) is 8.58. The third-order valence-corrected chi connectivity index (χ3v) is 4.49. The minimum absolute atomic E-state index is 0.589. The normalized spacial score (nSPS) is 10.9. The summed E-state index contributed by atoms with van der Waals surface area (Å²) in [5.41, 5.74) is 3.82. The van der Waals surface area contributed by atoms with Crippen LogP contribution in [0.3, 0.4) is 0 Å². The van der Waals surface area contributed by atoms with E-state index >= 15 is 0 Å². The topological polar surface area (TPSA) is 68.2 Å². The Bertz CT molecular complexity index is 1030. The van der Waals surface area contributed by atoms with Crippen molar-refractivity contribution in [3.8, 4) is 17.2 Å². The summed E-state index contributed by atoms with van der Waals surface area (Å²) < 4.78 is 13.0. The highest BCUT2D eigenvalue weighted by Gasteiger charge is 2.16. The number of aromatic amines is 1. The second-order valence-electron chi connectivity index (χ2n) is 6.22. The first kappa shape index (κ1) is 17.0. The van der Waals surface area contributed by atoms with Crippen LogP contribution < -0.4 is 14.4 Å². The van der Waals surface area contributed by atoms with Gasteiger partial charge in [-0.25, -0.2) is 9.97 Å². The predicted octanol–water partition coefficient (Wildman–Crippen LogP) is 3.40. The summed E-state index contributed by atoms with van der Waals surface area (Å²) in [6, 6.07) is 11.9. The molecule has 0 amide bonds. The average Bonchev–Trinajstić information content (AvgIpc) is 3.35. The number of para-hydroxylation sites is 1. The van der Waals surface area contributed by atoms with E-state index in [0.717, 1.165) is 39.7 Å². The lowest BCUT2D eigenvalue weighted by Crippen LogP contribution is -2.19. The lowest BCUT2D eigenvalue weighted by Gasteiger charge is -2.23. The van der Waals surface area contributed by atoms with Crippen LogP contribution >= 0.6 is 0 Å². The molecule has 0 aliphatic heterocycles. The number of H-pyrrole nitrogens is 1. The maximum Gasteiger partial charge on any atom is 0.145 e. The number of ether oxygens (including phenoxy) is 2. The number of anilines is 1. The van der Waals surface area contributed by atoms with Gasteiger partial charge in [0.15, 0.2) is 0 Å². The Morgan fingerprint density at radius 1 is 1.11 bits per heavy atom. The standard InChI is InChI=1S/C20H21N5O2/c1-24(20-17(26-2)5-4-6-18(20)27-3)12-19-22-15-8-7-14(11-16(15)23-19)25-10-9-21-13-25/h4-11,13H,12H2,1-3H3,(H,22,23). The molecule has 7 nitrogen and oxygen atoms in total. The number of nitrogens with one attached hydrogen (secondary N) is 1. The van der Waals surface area contributed by atoms with Crippen molar-refractivity contribution >= 4 is 16.7 Å². The number of fused-ring (bicyclic) bond motifs is 1. The van der Waals surface area contributed by atoms with Crippen molar-refractivity contribution in [1.29, 1.82) is 0 Å². The van der Waals surface area contributed by atoms with Crippen LogP contribution in [0.15, 0.2) is 55.1 Å². The molecule has 0 aliphatic carbocycles. The average molecular weight is 363 g/mol. The monoisotopic (exact) mass is 363 g/mol. The molecule has 138 valence electrons. The van der Waals surface area contributed by atoms with E-state index < -0.39 is 0 Å². The molecule has 0 saturated heterocycles. The zero-order valence-corrected chi connectivity index (χ0v) is 15.5. The highest BCUT2D eigenvalue weighted by molar-refractivity contribution is 5.78. The molecule has 2 heterocycles. The molecule has 2 aromatic carbocycles. The zero-order valence-electron chi connectivity index (χ0n) is 15.5. The van der Waals surface area contributed by atoms with Crippen LogP contribution in [-0.2, 0) is 6.54 Å². The van der Waals surface area contributed by atoms with Gasteiger partial charge in [0.1, 0.15) is 23.0 Å². The van der Waals surface area contributed by atoms with E-state index in [-0.39, 0.29) is 0 Å². The first-order chi connectivity index (χ1) is 13.2. The minimum Gasteiger partial charge on any atom is -0.494 e. The van der Waals surface area contributed by atoms with Crippen LogP contribution in [-0.4, -0.2) is 40.8 Å². The van der Waals surface area contributed by atoms with Gasteiger partial charge in [-0.1, -0.05) is 6.07 Å². The number of nitrogens with zero attached hydrogens (tertiary/aromatic N) is 4. The molecule has 0 radical (unpaired) electrons. The van der Waals surface area contributed by atoms with Crippen molar-refractivity contribution in [2.24, 2.45) is 0 Å². The second-order valence-corrected chi connectivity index (χ2v) is 6.22.